The van der Waals surface area contributed by atoms with E-state index in [9.17, 15) is 13.2 Å². The molecule has 1 aromatic carbocycles. The summed E-state index contributed by atoms with van der Waals surface area (Å²) >= 11 is 0. The maximum absolute atomic E-state index is 12.4. The van der Waals surface area contributed by atoms with Crippen LogP contribution < -0.4 is 0 Å². The second-order valence-electron chi connectivity index (χ2n) is 5.91. The highest BCUT2D eigenvalue weighted by Gasteiger charge is 2.41. The summed E-state index contributed by atoms with van der Waals surface area (Å²) in [4.78, 5) is 12.0. The van der Waals surface area contributed by atoms with Crippen LogP contribution in [-0.2, 0) is 42.8 Å². The van der Waals surface area contributed by atoms with Crippen molar-refractivity contribution in [1.82, 2.24) is 0 Å². The number of methoxy groups -OCH3 is 5. The number of carbonyl (C=O) groups is 1. The molecule has 1 rings (SSSR count). The van der Waals surface area contributed by atoms with Crippen LogP contribution in [-0.4, -0.2) is 81.0 Å². The van der Waals surface area contributed by atoms with E-state index in [1.165, 1.54) is 47.7 Å². The van der Waals surface area contributed by atoms with Gasteiger partial charge in [-0.25, -0.2) is 4.79 Å². The Bertz CT molecular complexity index is 702. The molecule has 0 heterocycles. The van der Waals surface area contributed by atoms with Crippen molar-refractivity contribution in [1.29, 1.82) is 0 Å². The fraction of sp³-hybridized carbons (Fsp3) is 0.611. The molecule has 0 bridgehead atoms. The van der Waals surface area contributed by atoms with E-state index in [-0.39, 0.29) is 11.5 Å². The normalized spacial score (nSPS) is 16.2. The summed E-state index contributed by atoms with van der Waals surface area (Å²) in [7, 11) is 2.64. The third-order valence-electron chi connectivity index (χ3n) is 4.22. The van der Waals surface area contributed by atoms with Gasteiger partial charge in [0.15, 0.2) is 6.10 Å². The van der Waals surface area contributed by atoms with Crippen molar-refractivity contribution in [3.63, 3.8) is 0 Å². The minimum absolute atomic E-state index is 0.0227. The van der Waals surface area contributed by atoms with Gasteiger partial charge in [-0.05, 0) is 19.1 Å². The van der Waals surface area contributed by atoms with Gasteiger partial charge in [-0.1, -0.05) is 17.7 Å². The molecule has 0 saturated heterocycles. The van der Waals surface area contributed by atoms with E-state index >= 15 is 0 Å². The molecular formula is C18H28O9S. The molecule has 0 saturated carbocycles. The Hall–Kier alpha value is -1.56. The van der Waals surface area contributed by atoms with E-state index in [2.05, 4.69) is 0 Å². The number of benzene rings is 1. The first-order valence-corrected chi connectivity index (χ1v) is 9.81. The van der Waals surface area contributed by atoms with Crippen LogP contribution in [0.15, 0.2) is 29.2 Å². The predicted molar refractivity (Wildman–Crippen MR) is 99.5 cm³/mol. The van der Waals surface area contributed by atoms with E-state index < -0.39 is 40.5 Å². The number of aryl methyl sites for hydroxylation is 1. The molecule has 10 heteroatoms. The number of carbonyl (C=O) groups excluding carboxylic acids is 1. The lowest BCUT2D eigenvalue weighted by Crippen LogP contribution is -2.52. The number of esters is 1. The van der Waals surface area contributed by atoms with Gasteiger partial charge in [-0.15, -0.1) is 0 Å². The van der Waals surface area contributed by atoms with Gasteiger partial charge < -0.3 is 23.7 Å². The molecule has 0 fully saturated rings. The van der Waals surface area contributed by atoms with Crippen molar-refractivity contribution in [3.05, 3.63) is 29.8 Å². The van der Waals surface area contributed by atoms with E-state index in [1.807, 2.05) is 6.92 Å². The Morgan fingerprint density at radius 1 is 0.893 bits per heavy atom. The minimum atomic E-state index is -4.00. The van der Waals surface area contributed by atoms with E-state index in [0.29, 0.717) is 0 Å². The highest BCUT2D eigenvalue weighted by molar-refractivity contribution is 7.86. The Morgan fingerprint density at radius 3 is 1.89 bits per heavy atom. The molecule has 0 amide bonds. The summed E-state index contributed by atoms with van der Waals surface area (Å²) < 4.78 is 55.9. The Labute approximate surface area is 165 Å². The van der Waals surface area contributed by atoms with Crippen LogP contribution in [0.1, 0.15) is 5.56 Å². The standard InChI is InChI=1S/C18H28O9S/c1-12-7-9-13(10-8-12)28(20,21)27-11-14(22-2)15(23-3)16(24-4)17(25-5)18(19)26-6/h7-10,14-17H,11H2,1-6H3/t14-,15+,16+,17-/m0/s1. The lowest BCUT2D eigenvalue weighted by molar-refractivity contribution is -0.181. The lowest BCUT2D eigenvalue weighted by Gasteiger charge is -2.33. The van der Waals surface area contributed by atoms with Crippen molar-refractivity contribution >= 4 is 16.1 Å². The zero-order chi connectivity index (χ0) is 21.3. The van der Waals surface area contributed by atoms with Gasteiger partial charge >= 0.3 is 5.97 Å². The zero-order valence-electron chi connectivity index (χ0n) is 16.9. The molecule has 0 radical (unpaired) electrons. The number of ether oxygens (including phenoxy) is 5. The van der Waals surface area contributed by atoms with E-state index in [1.54, 1.807) is 12.1 Å². The fourth-order valence-electron chi connectivity index (χ4n) is 2.63. The van der Waals surface area contributed by atoms with Gasteiger partial charge in [0.25, 0.3) is 10.1 Å². The molecule has 9 nitrogen and oxygen atoms in total. The molecule has 0 N–H and O–H groups in total. The number of hydrogen-bond donors (Lipinski definition) is 0. The summed E-state index contributed by atoms with van der Waals surface area (Å²) in [6.07, 6.45) is -3.80. The third-order valence-corrected chi connectivity index (χ3v) is 5.52. The second kappa shape index (κ2) is 11.4. The molecule has 0 unspecified atom stereocenters. The van der Waals surface area contributed by atoms with Crippen LogP contribution >= 0.6 is 0 Å². The molecular weight excluding hydrogens is 392 g/mol. The largest absolute Gasteiger partial charge is 0.467 e. The van der Waals surface area contributed by atoms with Crippen LogP contribution in [0, 0.1) is 6.92 Å². The first kappa shape index (κ1) is 24.5. The third kappa shape index (κ3) is 6.23. The Balaban J connectivity index is 2.98. The van der Waals surface area contributed by atoms with Crippen molar-refractivity contribution < 1.29 is 41.1 Å². The Kier molecular flexibility index (Phi) is 10.0. The maximum Gasteiger partial charge on any atom is 0.337 e. The summed E-state index contributed by atoms with van der Waals surface area (Å²) in [5, 5.41) is 0. The van der Waals surface area contributed by atoms with Gasteiger partial charge in [0.2, 0.25) is 0 Å². The summed E-state index contributed by atoms with van der Waals surface area (Å²) in [6, 6.07) is 6.25. The van der Waals surface area contributed by atoms with E-state index in [4.69, 9.17) is 27.9 Å². The Morgan fingerprint density at radius 2 is 1.46 bits per heavy atom. The van der Waals surface area contributed by atoms with Crippen molar-refractivity contribution in [2.75, 3.05) is 42.2 Å². The van der Waals surface area contributed by atoms with Crippen molar-refractivity contribution in [2.24, 2.45) is 0 Å². The summed E-state index contributed by atoms with van der Waals surface area (Å²) in [5.74, 6) is -0.667. The zero-order valence-corrected chi connectivity index (χ0v) is 17.7. The lowest BCUT2D eigenvalue weighted by atomic mass is 10.0. The van der Waals surface area contributed by atoms with Gasteiger partial charge in [0, 0.05) is 28.4 Å². The van der Waals surface area contributed by atoms with Gasteiger partial charge in [-0.2, -0.15) is 8.42 Å². The number of rotatable bonds is 12. The maximum atomic E-state index is 12.4. The first-order chi connectivity index (χ1) is 13.2. The average Bonchev–Trinajstić information content (AvgIpc) is 2.69. The SMILES string of the molecule is COC(=O)[C@@H](OC)[C@H](OC)[C@H](OC)[C@H](COS(=O)(=O)c1ccc(C)cc1)OC. The van der Waals surface area contributed by atoms with Crippen molar-refractivity contribution in [2.45, 2.75) is 36.2 Å². The smallest absolute Gasteiger partial charge is 0.337 e. The molecule has 160 valence electrons. The molecule has 0 spiro atoms. The molecule has 0 aromatic heterocycles. The first-order valence-electron chi connectivity index (χ1n) is 8.40. The highest BCUT2D eigenvalue weighted by Crippen LogP contribution is 2.20. The van der Waals surface area contributed by atoms with Crippen LogP contribution in [0.2, 0.25) is 0 Å². The quantitative estimate of drug-likeness (QED) is 0.360. The van der Waals surface area contributed by atoms with Crippen LogP contribution in [0.25, 0.3) is 0 Å². The molecule has 0 aliphatic carbocycles. The fourth-order valence-corrected chi connectivity index (χ4v) is 3.55. The van der Waals surface area contributed by atoms with Gasteiger partial charge in [0.1, 0.15) is 18.3 Å². The highest BCUT2D eigenvalue weighted by atomic mass is 32.2. The second-order valence-corrected chi connectivity index (χ2v) is 7.52. The van der Waals surface area contributed by atoms with Gasteiger partial charge in [0.05, 0.1) is 18.6 Å². The topological polar surface area (TPSA) is 107 Å². The molecule has 28 heavy (non-hydrogen) atoms. The van der Waals surface area contributed by atoms with Crippen LogP contribution in [0.5, 0.6) is 0 Å². The monoisotopic (exact) mass is 420 g/mol. The summed E-state index contributed by atoms with van der Waals surface area (Å²) in [6.45, 7) is 1.49. The van der Waals surface area contributed by atoms with E-state index in [0.717, 1.165) is 5.56 Å². The van der Waals surface area contributed by atoms with Crippen molar-refractivity contribution in [3.8, 4) is 0 Å². The van der Waals surface area contributed by atoms with Crippen LogP contribution in [0.4, 0.5) is 0 Å². The molecule has 0 aliphatic rings. The molecule has 4 atom stereocenters. The molecule has 0 aliphatic heterocycles. The minimum Gasteiger partial charge on any atom is -0.467 e. The predicted octanol–water partition coefficient (Wildman–Crippen LogP) is 0.933. The van der Waals surface area contributed by atoms with Crippen LogP contribution in [0.3, 0.4) is 0 Å². The summed E-state index contributed by atoms with van der Waals surface area (Å²) in [5.41, 5.74) is 0.921. The molecule has 1 aromatic rings. The number of hydrogen-bond acceptors (Lipinski definition) is 9. The van der Waals surface area contributed by atoms with Gasteiger partial charge in [-0.3, -0.25) is 4.18 Å². The average molecular weight is 420 g/mol.